The van der Waals surface area contributed by atoms with Gasteiger partial charge in [-0.1, -0.05) is 24.3 Å². The molecule has 0 amide bonds. The average Bonchev–Trinajstić information content (AvgIpc) is 2.96. The number of hydrogen-bond donors (Lipinski definition) is 1. The number of carbonyl (C=O) groups excluding carboxylic acids is 1. The zero-order chi connectivity index (χ0) is 18.7. The van der Waals surface area contributed by atoms with Crippen LogP contribution in [-0.4, -0.2) is 29.6 Å². The highest BCUT2D eigenvalue weighted by Gasteiger charge is 2.26. The predicted molar refractivity (Wildman–Crippen MR) is 87.1 cm³/mol. The Balaban J connectivity index is 1.91. The largest absolute Gasteiger partial charge is 0.478 e. The summed E-state index contributed by atoms with van der Waals surface area (Å²) in [5, 5.41) is 8.87. The summed E-state index contributed by atoms with van der Waals surface area (Å²) < 4.78 is 34.4. The number of esters is 1. The highest BCUT2D eigenvalue weighted by molar-refractivity contribution is 6.13. The number of nitrogens with zero attached hydrogens (tertiary/aromatic N) is 1. The van der Waals surface area contributed by atoms with E-state index in [1.165, 1.54) is 48.5 Å². The molecule has 26 heavy (non-hydrogen) atoms. The third kappa shape index (κ3) is 3.75. The number of ether oxygens (including phenoxy) is 2. The number of para-hydroxylation sites is 1. The fraction of sp³-hybridized carbons (Fsp3) is 0.0556. The number of carboxylic acid groups (broad SMARTS) is 1. The summed E-state index contributed by atoms with van der Waals surface area (Å²) in [7, 11) is 0. The molecule has 1 heterocycles. The normalized spacial score (nSPS) is 15.1. The molecule has 0 atom stereocenters. The monoisotopic (exact) mass is 359 g/mol. The quantitative estimate of drug-likeness (QED) is 0.654. The molecule has 132 valence electrons. The third-order valence-corrected chi connectivity index (χ3v) is 3.42. The van der Waals surface area contributed by atoms with E-state index in [1.54, 1.807) is 6.07 Å². The molecule has 2 aromatic rings. The summed E-state index contributed by atoms with van der Waals surface area (Å²) in [5.74, 6) is -2.14. The van der Waals surface area contributed by atoms with E-state index in [0.29, 0.717) is 5.56 Å². The van der Waals surface area contributed by atoms with Gasteiger partial charge in [-0.15, -0.1) is 0 Å². The minimum absolute atomic E-state index is 0.0464. The molecule has 0 saturated heterocycles. The molecule has 2 aromatic carbocycles. The highest BCUT2D eigenvalue weighted by Crippen LogP contribution is 2.26. The average molecular weight is 359 g/mol. The van der Waals surface area contributed by atoms with Crippen LogP contribution in [0.2, 0.25) is 0 Å². The fourth-order valence-electron chi connectivity index (χ4n) is 2.25. The highest BCUT2D eigenvalue weighted by atomic mass is 19.3. The van der Waals surface area contributed by atoms with Crippen molar-refractivity contribution < 1.29 is 33.0 Å². The molecular formula is C18H11F2NO5. The van der Waals surface area contributed by atoms with Crippen molar-refractivity contribution in [1.82, 2.24) is 0 Å². The minimum atomic E-state index is -3.03. The molecule has 0 bridgehead atoms. The van der Waals surface area contributed by atoms with E-state index in [1.807, 2.05) is 0 Å². The van der Waals surface area contributed by atoms with E-state index in [4.69, 9.17) is 9.84 Å². The topological polar surface area (TPSA) is 85.2 Å². The van der Waals surface area contributed by atoms with Crippen LogP contribution in [0, 0.1) is 0 Å². The molecule has 0 aliphatic carbocycles. The number of halogens is 2. The number of carbonyl (C=O) groups is 2. The second-order valence-corrected chi connectivity index (χ2v) is 5.14. The zero-order valence-corrected chi connectivity index (χ0v) is 13.1. The SMILES string of the molecule is O=C1OC(c2ccccc2OC(F)F)=N/C1=C/c1ccc(C(=O)O)cc1. The molecule has 0 fully saturated rings. The van der Waals surface area contributed by atoms with Gasteiger partial charge in [-0.05, 0) is 35.9 Å². The number of aliphatic imine (C=N–C) groups is 1. The van der Waals surface area contributed by atoms with E-state index in [0.717, 1.165) is 0 Å². The van der Waals surface area contributed by atoms with Crippen LogP contribution < -0.4 is 4.74 Å². The lowest BCUT2D eigenvalue weighted by molar-refractivity contribution is -0.129. The number of hydrogen-bond acceptors (Lipinski definition) is 5. The zero-order valence-electron chi connectivity index (χ0n) is 13.1. The molecule has 8 heteroatoms. The molecule has 1 aliphatic rings. The van der Waals surface area contributed by atoms with Crippen molar-refractivity contribution >= 4 is 23.9 Å². The summed E-state index contributed by atoms with van der Waals surface area (Å²) in [5.41, 5.74) is 0.702. The molecule has 0 aromatic heterocycles. The van der Waals surface area contributed by atoms with E-state index in [-0.39, 0.29) is 28.5 Å². The second-order valence-electron chi connectivity index (χ2n) is 5.14. The van der Waals surface area contributed by atoms with Crippen molar-refractivity contribution in [2.45, 2.75) is 6.61 Å². The standard InChI is InChI=1S/C18H11F2NO5/c19-18(20)25-14-4-2-1-3-12(14)15-21-13(17(24)26-15)9-10-5-7-11(8-6-10)16(22)23/h1-9,18H,(H,22,23)/b13-9+. The minimum Gasteiger partial charge on any atom is -0.478 e. The lowest BCUT2D eigenvalue weighted by Gasteiger charge is -2.08. The molecule has 3 rings (SSSR count). The maximum Gasteiger partial charge on any atom is 0.387 e. The Hall–Kier alpha value is -3.55. The molecule has 1 N–H and O–H groups in total. The third-order valence-electron chi connectivity index (χ3n) is 3.42. The van der Waals surface area contributed by atoms with Gasteiger partial charge in [-0.25, -0.2) is 14.6 Å². The molecule has 0 saturated carbocycles. The predicted octanol–water partition coefficient (Wildman–Crippen LogP) is 3.33. The van der Waals surface area contributed by atoms with Crippen LogP contribution in [0.25, 0.3) is 6.08 Å². The summed E-state index contributed by atoms with van der Waals surface area (Å²) in [4.78, 5) is 26.8. The van der Waals surface area contributed by atoms with Crippen molar-refractivity contribution in [3.05, 3.63) is 70.9 Å². The van der Waals surface area contributed by atoms with Gasteiger partial charge >= 0.3 is 18.6 Å². The summed E-state index contributed by atoms with van der Waals surface area (Å²) in [6, 6.07) is 11.6. The molecule has 0 spiro atoms. The summed E-state index contributed by atoms with van der Waals surface area (Å²) in [6.07, 6.45) is 1.40. The van der Waals surface area contributed by atoms with Crippen molar-refractivity contribution in [3.8, 4) is 5.75 Å². The van der Waals surface area contributed by atoms with Crippen molar-refractivity contribution in [3.63, 3.8) is 0 Å². The van der Waals surface area contributed by atoms with Crippen LogP contribution in [0.5, 0.6) is 5.75 Å². The van der Waals surface area contributed by atoms with Gasteiger partial charge in [0.15, 0.2) is 5.70 Å². The first-order valence-electron chi connectivity index (χ1n) is 7.34. The summed E-state index contributed by atoms with van der Waals surface area (Å²) >= 11 is 0. The van der Waals surface area contributed by atoms with Crippen LogP contribution in [-0.2, 0) is 9.53 Å². The molecular weight excluding hydrogens is 348 g/mol. The van der Waals surface area contributed by atoms with Crippen molar-refractivity contribution in [2.75, 3.05) is 0 Å². The van der Waals surface area contributed by atoms with Gasteiger partial charge in [0.1, 0.15) is 5.75 Å². The van der Waals surface area contributed by atoms with Gasteiger partial charge in [0, 0.05) is 0 Å². The van der Waals surface area contributed by atoms with Gasteiger partial charge in [-0.2, -0.15) is 8.78 Å². The number of benzene rings is 2. The van der Waals surface area contributed by atoms with Gasteiger partial charge in [0.25, 0.3) is 0 Å². The Morgan fingerprint density at radius 3 is 2.50 bits per heavy atom. The van der Waals surface area contributed by atoms with Crippen molar-refractivity contribution in [1.29, 1.82) is 0 Å². The van der Waals surface area contributed by atoms with Gasteiger partial charge < -0.3 is 14.6 Å². The lowest BCUT2D eigenvalue weighted by atomic mass is 10.1. The maximum absolute atomic E-state index is 12.5. The Kier molecular flexibility index (Phi) is 4.74. The smallest absolute Gasteiger partial charge is 0.387 e. The first-order chi connectivity index (χ1) is 12.4. The van der Waals surface area contributed by atoms with E-state index < -0.39 is 18.6 Å². The van der Waals surface area contributed by atoms with Crippen LogP contribution in [0.15, 0.2) is 59.2 Å². The molecule has 0 radical (unpaired) electrons. The Bertz CT molecular complexity index is 919. The Morgan fingerprint density at radius 1 is 1.15 bits per heavy atom. The number of aromatic carboxylic acids is 1. The first kappa shape index (κ1) is 17.3. The number of carboxylic acids is 1. The fourth-order valence-corrected chi connectivity index (χ4v) is 2.25. The van der Waals surface area contributed by atoms with E-state index >= 15 is 0 Å². The van der Waals surface area contributed by atoms with Crippen LogP contribution in [0.1, 0.15) is 21.5 Å². The lowest BCUT2D eigenvalue weighted by Crippen LogP contribution is -2.10. The van der Waals surface area contributed by atoms with Crippen LogP contribution in [0.3, 0.4) is 0 Å². The van der Waals surface area contributed by atoms with Gasteiger partial charge in [0.05, 0.1) is 11.1 Å². The van der Waals surface area contributed by atoms with E-state index in [2.05, 4.69) is 9.73 Å². The van der Waals surface area contributed by atoms with Gasteiger partial charge in [-0.3, -0.25) is 0 Å². The first-order valence-corrected chi connectivity index (χ1v) is 7.34. The second kappa shape index (κ2) is 7.14. The van der Waals surface area contributed by atoms with E-state index in [9.17, 15) is 18.4 Å². The number of cyclic esters (lactones) is 1. The molecule has 0 unspecified atom stereocenters. The number of alkyl halides is 2. The van der Waals surface area contributed by atoms with Crippen molar-refractivity contribution in [2.24, 2.45) is 4.99 Å². The maximum atomic E-state index is 12.5. The Labute approximate surface area is 146 Å². The summed E-state index contributed by atoms with van der Waals surface area (Å²) in [6.45, 7) is -3.03. The molecule has 1 aliphatic heterocycles. The van der Waals surface area contributed by atoms with Crippen LogP contribution >= 0.6 is 0 Å². The number of rotatable bonds is 5. The Morgan fingerprint density at radius 2 is 1.85 bits per heavy atom. The molecule has 6 nitrogen and oxygen atoms in total. The van der Waals surface area contributed by atoms with Gasteiger partial charge in [0.2, 0.25) is 5.90 Å². The van der Waals surface area contributed by atoms with Crippen LogP contribution in [0.4, 0.5) is 8.78 Å².